The van der Waals surface area contributed by atoms with E-state index in [1.54, 1.807) is 0 Å². The van der Waals surface area contributed by atoms with Crippen LogP contribution in [0.15, 0.2) is 0 Å². The third-order valence-corrected chi connectivity index (χ3v) is 1.35. The van der Waals surface area contributed by atoms with Crippen molar-refractivity contribution in [3.8, 4) is 0 Å². The lowest BCUT2D eigenvalue weighted by Gasteiger charge is -2.21. The van der Waals surface area contributed by atoms with Crippen molar-refractivity contribution in [3.05, 3.63) is 0 Å². The van der Waals surface area contributed by atoms with Gasteiger partial charge >= 0.3 is 0 Å². The van der Waals surface area contributed by atoms with Crippen molar-refractivity contribution < 1.29 is 0 Å². The van der Waals surface area contributed by atoms with Gasteiger partial charge in [0.05, 0.1) is 0 Å². The van der Waals surface area contributed by atoms with Gasteiger partial charge in [-0.05, 0) is 14.0 Å². The molecule has 3 heteroatoms. The summed E-state index contributed by atoms with van der Waals surface area (Å²) in [4.78, 5) is 0. The molecule has 0 saturated carbocycles. The van der Waals surface area contributed by atoms with Gasteiger partial charge in [-0.1, -0.05) is 0 Å². The maximum Gasteiger partial charge on any atom is 0.0334 e. The van der Waals surface area contributed by atoms with Crippen molar-refractivity contribution in [3.63, 3.8) is 0 Å². The van der Waals surface area contributed by atoms with E-state index in [4.69, 9.17) is 5.73 Å². The highest BCUT2D eigenvalue weighted by molar-refractivity contribution is 4.56. The Morgan fingerprint density at radius 1 is 1.75 bits per heavy atom. The van der Waals surface area contributed by atoms with Crippen LogP contribution in [0.3, 0.4) is 0 Å². The zero-order valence-electron chi connectivity index (χ0n) is 5.81. The molecule has 0 fully saturated rings. The summed E-state index contributed by atoms with van der Waals surface area (Å²) in [6, 6.07) is 0.417. The molecule has 0 spiro atoms. The first-order valence-electron chi connectivity index (χ1n) is 2.82. The molecule has 0 aliphatic heterocycles. The van der Waals surface area contributed by atoms with Gasteiger partial charge in [0.2, 0.25) is 0 Å². The van der Waals surface area contributed by atoms with Crippen molar-refractivity contribution in [2.75, 3.05) is 20.6 Å². The molecule has 0 unspecified atom stereocenters. The summed E-state index contributed by atoms with van der Waals surface area (Å²) >= 11 is 0. The number of hydrazine groups is 1. The first-order valence-corrected chi connectivity index (χ1v) is 2.82. The molecule has 0 bridgehead atoms. The maximum absolute atomic E-state index is 5.37. The second kappa shape index (κ2) is 3.83. The SMILES string of the molecule is CNN(C)[C@H](C)CN. The Labute approximate surface area is 50.8 Å². The maximum atomic E-state index is 5.37. The van der Waals surface area contributed by atoms with Crippen LogP contribution in [0.2, 0.25) is 0 Å². The number of nitrogens with zero attached hydrogens (tertiary/aromatic N) is 1. The van der Waals surface area contributed by atoms with Crippen molar-refractivity contribution in [1.29, 1.82) is 0 Å². The molecule has 0 radical (unpaired) electrons. The van der Waals surface area contributed by atoms with Crippen LogP contribution in [-0.2, 0) is 0 Å². The number of hydrogen-bond donors (Lipinski definition) is 2. The summed E-state index contributed by atoms with van der Waals surface area (Å²) in [5, 5.41) is 1.97. The fraction of sp³-hybridized carbons (Fsp3) is 1.00. The Balaban J connectivity index is 3.29. The topological polar surface area (TPSA) is 41.3 Å². The van der Waals surface area contributed by atoms with E-state index in [1.165, 1.54) is 0 Å². The molecule has 0 aromatic rings. The van der Waals surface area contributed by atoms with E-state index in [9.17, 15) is 0 Å². The molecule has 50 valence electrons. The van der Waals surface area contributed by atoms with Gasteiger partial charge < -0.3 is 5.73 Å². The minimum atomic E-state index is 0.417. The first-order chi connectivity index (χ1) is 3.72. The molecule has 3 nitrogen and oxygen atoms in total. The zero-order chi connectivity index (χ0) is 6.57. The summed E-state index contributed by atoms with van der Waals surface area (Å²) in [6.07, 6.45) is 0. The third kappa shape index (κ3) is 2.26. The fourth-order valence-electron chi connectivity index (χ4n) is 0.379. The summed E-state index contributed by atoms with van der Waals surface area (Å²) in [5.41, 5.74) is 8.34. The largest absolute Gasteiger partial charge is 0.329 e. The molecular weight excluding hydrogens is 102 g/mol. The molecule has 0 rings (SSSR count). The number of nitrogens with two attached hydrogens (primary N) is 1. The van der Waals surface area contributed by atoms with E-state index in [1.807, 2.05) is 19.1 Å². The Morgan fingerprint density at radius 3 is 2.38 bits per heavy atom. The van der Waals surface area contributed by atoms with Crippen LogP contribution >= 0.6 is 0 Å². The highest BCUT2D eigenvalue weighted by atomic mass is 15.5. The van der Waals surface area contributed by atoms with E-state index in [0.29, 0.717) is 12.6 Å². The van der Waals surface area contributed by atoms with Crippen molar-refractivity contribution in [1.82, 2.24) is 10.4 Å². The Kier molecular flexibility index (Phi) is 3.77. The number of likely N-dealkylation sites (N-methyl/N-ethyl adjacent to an activating group) is 1. The Hall–Kier alpha value is -0.120. The molecule has 0 amide bonds. The van der Waals surface area contributed by atoms with E-state index in [0.717, 1.165) is 0 Å². The lowest BCUT2D eigenvalue weighted by molar-refractivity contribution is 0.199. The van der Waals surface area contributed by atoms with Crippen LogP contribution < -0.4 is 11.2 Å². The summed E-state index contributed by atoms with van der Waals surface area (Å²) in [6.45, 7) is 2.76. The molecule has 3 N–H and O–H groups in total. The van der Waals surface area contributed by atoms with Gasteiger partial charge in [-0.3, -0.25) is 5.43 Å². The average molecular weight is 117 g/mol. The molecule has 0 aromatic heterocycles. The van der Waals surface area contributed by atoms with Crippen molar-refractivity contribution >= 4 is 0 Å². The molecule has 0 aromatic carbocycles. The van der Waals surface area contributed by atoms with Gasteiger partial charge in [0.25, 0.3) is 0 Å². The number of nitrogens with one attached hydrogen (secondary N) is 1. The van der Waals surface area contributed by atoms with E-state index in [-0.39, 0.29) is 0 Å². The average Bonchev–Trinajstić information content (AvgIpc) is 1.84. The normalized spacial score (nSPS) is 14.6. The first kappa shape index (κ1) is 7.88. The molecule has 0 aliphatic carbocycles. The smallest absolute Gasteiger partial charge is 0.0334 e. The van der Waals surface area contributed by atoms with Gasteiger partial charge in [-0.15, -0.1) is 0 Å². The van der Waals surface area contributed by atoms with Crippen molar-refractivity contribution in [2.24, 2.45) is 5.73 Å². The van der Waals surface area contributed by atoms with Crippen LogP contribution in [0, 0.1) is 0 Å². The highest BCUT2D eigenvalue weighted by Gasteiger charge is 2.01. The lowest BCUT2D eigenvalue weighted by atomic mass is 10.3. The Bertz CT molecular complexity index is 47.6. The molecule has 0 aliphatic rings. The highest BCUT2D eigenvalue weighted by Crippen LogP contribution is 1.84. The van der Waals surface area contributed by atoms with Gasteiger partial charge in [-0.25, -0.2) is 5.01 Å². The van der Waals surface area contributed by atoms with Gasteiger partial charge in [0.1, 0.15) is 0 Å². The van der Waals surface area contributed by atoms with Crippen LogP contribution in [0.25, 0.3) is 0 Å². The van der Waals surface area contributed by atoms with Crippen LogP contribution in [-0.4, -0.2) is 31.7 Å². The summed E-state index contributed by atoms with van der Waals surface area (Å²) in [7, 11) is 3.85. The van der Waals surface area contributed by atoms with Gasteiger partial charge in [0, 0.05) is 19.6 Å². The van der Waals surface area contributed by atoms with E-state index < -0.39 is 0 Å². The lowest BCUT2D eigenvalue weighted by Crippen LogP contribution is -2.42. The quantitative estimate of drug-likeness (QED) is 0.485. The van der Waals surface area contributed by atoms with Crippen LogP contribution in [0.4, 0.5) is 0 Å². The van der Waals surface area contributed by atoms with Gasteiger partial charge in [-0.2, -0.15) is 0 Å². The monoisotopic (exact) mass is 117 g/mol. The summed E-state index contributed by atoms with van der Waals surface area (Å²) < 4.78 is 0. The third-order valence-electron chi connectivity index (χ3n) is 1.35. The standard InChI is InChI=1S/C5H15N3/c1-5(4-6)8(3)7-2/h5,7H,4,6H2,1-3H3/t5-/m1/s1. The van der Waals surface area contributed by atoms with Crippen LogP contribution in [0.5, 0.6) is 0 Å². The van der Waals surface area contributed by atoms with Crippen LogP contribution in [0.1, 0.15) is 6.92 Å². The minimum Gasteiger partial charge on any atom is -0.329 e. The summed E-state index contributed by atoms with van der Waals surface area (Å²) in [5.74, 6) is 0. The number of hydrogen-bond acceptors (Lipinski definition) is 3. The molecular formula is C5H15N3. The predicted molar refractivity (Wildman–Crippen MR) is 35.3 cm³/mol. The van der Waals surface area contributed by atoms with E-state index >= 15 is 0 Å². The fourth-order valence-corrected chi connectivity index (χ4v) is 0.379. The van der Waals surface area contributed by atoms with Crippen molar-refractivity contribution in [2.45, 2.75) is 13.0 Å². The molecule has 0 saturated heterocycles. The second-order valence-electron chi connectivity index (χ2n) is 1.92. The minimum absolute atomic E-state index is 0.417. The Morgan fingerprint density at radius 2 is 2.25 bits per heavy atom. The zero-order valence-corrected chi connectivity index (χ0v) is 5.81. The molecule has 1 atom stereocenters. The molecule has 0 heterocycles. The predicted octanol–water partition coefficient (Wildman–Crippen LogP) is -0.600. The second-order valence-corrected chi connectivity index (χ2v) is 1.92. The number of rotatable bonds is 3. The molecule has 8 heavy (non-hydrogen) atoms. The van der Waals surface area contributed by atoms with Gasteiger partial charge in [0.15, 0.2) is 0 Å². The van der Waals surface area contributed by atoms with E-state index in [2.05, 4.69) is 12.3 Å².